The zero-order valence-corrected chi connectivity index (χ0v) is 17.7. The molecule has 1 aromatic heterocycles. The van der Waals surface area contributed by atoms with Gasteiger partial charge < -0.3 is 10.2 Å². The van der Waals surface area contributed by atoms with Crippen molar-refractivity contribution in [1.29, 1.82) is 0 Å². The molecular weight excluding hydrogens is 342 g/mol. The van der Waals surface area contributed by atoms with E-state index >= 15 is 0 Å². The average Bonchev–Trinajstić information content (AvgIpc) is 3.02. The van der Waals surface area contributed by atoms with Crippen molar-refractivity contribution in [3.63, 3.8) is 0 Å². The molecular formula is C20H35N5O2. The highest BCUT2D eigenvalue weighted by Crippen LogP contribution is 2.22. The van der Waals surface area contributed by atoms with Gasteiger partial charge in [-0.15, -0.1) is 5.10 Å². The van der Waals surface area contributed by atoms with Crippen LogP contribution in [-0.2, 0) is 21.5 Å². The van der Waals surface area contributed by atoms with Gasteiger partial charge in [0.05, 0.1) is 5.69 Å². The Kier molecular flexibility index (Phi) is 7.00. The third kappa shape index (κ3) is 6.33. The number of piperidine rings is 1. The lowest BCUT2D eigenvalue weighted by molar-refractivity contribution is -0.137. The second kappa shape index (κ2) is 8.85. The Morgan fingerprint density at radius 3 is 2.37 bits per heavy atom. The molecule has 1 aromatic rings. The average molecular weight is 378 g/mol. The molecule has 0 aliphatic carbocycles. The molecule has 0 saturated carbocycles. The maximum absolute atomic E-state index is 12.8. The molecule has 2 amide bonds. The maximum Gasteiger partial charge on any atom is 0.245 e. The molecule has 1 aliphatic heterocycles. The number of carbonyl (C=O) groups is 2. The van der Waals surface area contributed by atoms with Crippen LogP contribution in [0.3, 0.4) is 0 Å². The molecule has 1 saturated heterocycles. The molecule has 2 heterocycles. The summed E-state index contributed by atoms with van der Waals surface area (Å²) in [4.78, 5) is 26.2. The number of hydrogen-bond donors (Lipinski definition) is 1. The Labute approximate surface area is 162 Å². The van der Waals surface area contributed by atoms with E-state index in [0.29, 0.717) is 18.3 Å². The summed E-state index contributed by atoms with van der Waals surface area (Å²) in [6.45, 7) is 14.3. The van der Waals surface area contributed by atoms with Crippen molar-refractivity contribution >= 4 is 11.8 Å². The predicted molar refractivity (Wildman–Crippen MR) is 105 cm³/mol. The number of rotatable bonds is 6. The quantitative estimate of drug-likeness (QED) is 0.825. The van der Waals surface area contributed by atoms with Crippen LogP contribution in [0.5, 0.6) is 0 Å². The minimum absolute atomic E-state index is 0.00315. The van der Waals surface area contributed by atoms with E-state index in [1.54, 1.807) is 0 Å². The summed E-state index contributed by atoms with van der Waals surface area (Å²) in [6.07, 6.45) is 4.61. The first kappa shape index (κ1) is 21.4. The molecule has 0 aromatic carbocycles. The third-order valence-electron chi connectivity index (χ3n) is 5.06. The summed E-state index contributed by atoms with van der Waals surface area (Å²) in [5.74, 6) is 0.749. The molecule has 0 bridgehead atoms. The molecule has 1 atom stereocenters. The lowest BCUT2D eigenvalue weighted by atomic mass is 9.93. The number of carbonyl (C=O) groups excluding carboxylic acids is 2. The van der Waals surface area contributed by atoms with E-state index < -0.39 is 6.04 Å². The van der Waals surface area contributed by atoms with Crippen molar-refractivity contribution in [2.75, 3.05) is 13.1 Å². The Bertz CT molecular complexity index is 639. The van der Waals surface area contributed by atoms with Gasteiger partial charge in [0, 0.05) is 38.2 Å². The van der Waals surface area contributed by atoms with Gasteiger partial charge in [-0.2, -0.15) is 0 Å². The van der Waals surface area contributed by atoms with E-state index in [4.69, 9.17) is 0 Å². The Balaban J connectivity index is 1.89. The van der Waals surface area contributed by atoms with Gasteiger partial charge in [0.15, 0.2) is 0 Å². The highest BCUT2D eigenvalue weighted by Gasteiger charge is 2.29. The van der Waals surface area contributed by atoms with Crippen LogP contribution in [0.25, 0.3) is 0 Å². The first-order chi connectivity index (χ1) is 12.6. The van der Waals surface area contributed by atoms with E-state index in [-0.39, 0.29) is 17.2 Å². The maximum atomic E-state index is 12.8. The van der Waals surface area contributed by atoms with Crippen molar-refractivity contribution in [3.8, 4) is 0 Å². The number of hydrogen-bond acceptors (Lipinski definition) is 4. The first-order valence-corrected chi connectivity index (χ1v) is 10.0. The molecule has 1 N–H and O–H groups in total. The van der Waals surface area contributed by atoms with Crippen molar-refractivity contribution in [1.82, 2.24) is 25.2 Å². The number of aromatic nitrogens is 3. The second-order valence-corrected chi connectivity index (χ2v) is 9.23. The molecule has 7 heteroatoms. The molecule has 0 unspecified atom stereocenters. The largest absolute Gasteiger partial charge is 0.345 e. The summed E-state index contributed by atoms with van der Waals surface area (Å²) in [6, 6.07) is -0.413. The SMILES string of the molecule is CC(=O)N[C@@H](CC(C)C)C(=O)N1CCC(Cn2cc(C(C)(C)C)nn2)CC1. The van der Waals surface area contributed by atoms with Crippen LogP contribution in [0.4, 0.5) is 0 Å². The van der Waals surface area contributed by atoms with Gasteiger partial charge in [-0.25, -0.2) is 0 Å². The van der Waals surface area contributed by atoms with Crippen LogP contribution in [0.2, 0.25) is 0 Å². The van der Waals surface area contributed by atoms with Crippen LogP contribution in [-0.4, -0.2) is 50.8 Å². The van der Waals surface area contributed by atoms with Gasteiger partial charge in [-0.05, 0) is 31.1 Å². The van der Waals surface area contributed by atoms with Crippen molar-refractivity contribution in [3.05, 3.63) is 11.9 Å². The van der Waals surface area contributed by atoms with Gasteiger partial charge in [-0.3, -0.25) is 14.3 Å². The minimum Gasteiger partial charge on any atom is -0.345 e. The highest BCUT2D eigenvalue weighted by molar-refractivity contribution is 5.86. The standard InChI is InChI=1S/C20H35N5O2/c1-14(2)11-17(21-15(3)26)19(27)24-9-7-16(8-10-24)12-25-13-18(22-23-25)20(4,5)6/h13-14,16-17H,7-12H2,1-6H3,(H,21,26)/t17-/m0/s1. The lowest BCUT2D eigenvalue weighted by Crippen LogP contribution is -2.51. The van der Waals surface area contributed by atoms with Crippen molar-refractivity contribution < 1.29 is 9.59 Å². The molecule has 152 valence electrons. The molecule has 2 rings (SSSR count). The highest BCUT2D eigenvalue weighted by atomic mass is 16.2. The van der Waals surface area contributed by atoms with E-state index in [1.165, 1.54) is 6.92 Å². The molecule has 1 aliphatic rings. The normalized spacial score (nSPS) is 17.2. The topological polar surface area (TPSA) is 80.1 Å². The Morgan fingerprint density at radius 2 is 1.89 bits per heavy atom. The fourth-order valence-corrected chi connectivity index (χ4v) is 3.49. The molecule has 1 fully saturated rings. The fraction of sp³-hybridized carbons (Fsp3) is 0.800. The first-order valence-electron chi connectivity index (χ1n) is 10.0. The van der Waals surface area contributed by atoms with Crippen LogP contribution in [0.15, 0.2) is 6.20 Å². The zero-order valence-electron chi connectivity index (χ0n) is 17.7. The molecule has 27 heavy (non-hydrogen) atoms. The summed E-state index contributed by atoms with van der Waals surface area (Å²) < 4.78 is 1.93. The second-order valence-electron chi connectivity index (χ2n) is 9.23. The van der Waals surface area contributed by atoms with Gasteiger partial charge in [0.1, 0.15) is 6.04 Å². The number of nitrogens with one attached hydrogen (secondary N) is 1. The Morgan fingerprint density at radius 1 is 1.26 bits per heavy atom. The summed E-state index contributed by atoms with van der Waals surface area (Å²) in [7, 11) is 0. The number of amides is 2. The summed E-state index contributed by atoms with van der Waals surface area (Å²) in [5.41, 5.74) is 1.00. The van der Waals surface area contributed by atoms with E-state index in [1.807, 2.05) is 15.8 Å². The van der Waals surface area contributed by atoms with Crippen LogP contribution < -0.4 is 5.32 Å². The fourth-order valence-electron chi connectivity index (χ4n) is 3.49. The van der Waals surface area contributed by atoms with Crippen LogP contribution >= 0.6 is 0 Å². The number of nitrogens with zero attached hydrogens (tertiary/aromatic N) is 4. The minimum atomic E-state index is -0.413. The van der Waals surface area contributed by atoms with Gasteiger partial charge >= 0.3 is 0 Å². The van der Waals surface area contributed by atoms with Gasteiger partial charge in [0.2, 0.25) is 11.8 Å². The van der Waals surface area contributed by atoms with E-state index in [9.17, 15) is 9.59 Å². The predicted octanol–water partition coefficient (Wildman–Crippen LogP) is 2.36. The molecule has 7 nitrogen and oxygen atoms in total. The van der Waals surface area contributed by atoms with E-state index in [0.717, 1.165) is 38.2 Å². The third-order valence-corrected chi connectivity index (χ3v) is 5.06. The summed E-state index contributed by atoms with van der Waals surface area (Å²) in [5, 5.41) is 11.4. The van der Waals surface area contributed by atoms with Crippen molar-refractivity contribution in [2.24, 2.45) is 11.8 Å². The zero-order chi connectivity index (χ0) is 20.2. The van der Waals surface area contributed by atoms with Gasteiger partial charge in [-0.1, -0.05) is 39.8 Å². The van der Waals surface area contributed by atoms with Crippen LogP contribution in [0.1, 0.15) is 66.5 Å². The van der Waals surface area contributed by atoms with E-state index in [2.05, 4.69) is 50.2 Å². The van der Waals surface area contributed by atoms with Gasteiger partial charge in [0.25, 0.3) is 0 Å². The smallest absolute Gasteiger partial charge is 0.245 e. The monoisotopic (exact) mass is 377 g/mol. The molecule has 0 spiro atoms. The molecule has 0 radical (unpaired) electrons. The Hall–Kier alpha value is -1.92. The summed E-state index contributed by atoms with van der Waals surface area (Å²) >= 11 is 0. The van der Waals surface area contributed by atoms with Crippen LogP contribution in [0, 0.1) is 11.8 Å². The number of likely N-dealkylation sites (tertiary alicyclic amines) is 1. The van der Waals surface area contributed by atoms with Crippen molar-refractivity contribution in [2.45, 2.75) is 78.8 Å². The lowest BCUT2D eigenvalue weighted by Gasteiger charge is -2.34.